The number of hydrogen-bond acceptors (Lipinski definition) is 5. The number of ether oxygens (including phenoxy) is 1. The maximum atomic E-state index is 12.4. The lowest BCUT2D eigenvalue weighted by Gasteiger charge is -2.44. The fourth-order valence-corrected chi connectivity index (χ4v) is 5.04. The van der Waals surface area contributed by atoms with Gasteiger partial charge in [0.2, 0.25) is 0 Å². The fraction of sp³-hybridized carbons (Fsp3) is 0.583. The van der Waals surface area contributed by atoms with Crippen LogP contribution in [0.25, 0.3) is 11.0 Å². The van der Waals surface area contributed by atoms with Crippen LogP contribution in [0.15, 0.2) is 33.5 Å². The Morgan fingerprint density at radius 3 is 2.93 bits per heavy atom. The lowest BCUT2D eigenvalue weighted by molar-refractivity contribution is -0.123. The summed E-state index contributed by atoms with van der Waals surface area (Å²) >= 11 is 0. The highest BCUT2D eigenvalue weighted by Gasteiger charge is 2.32. The van der Waals surface area contributed by atoms with E-state index in [0.29, 0.717) is 23.3 Å². The number of nitrogens with one attached hydrogen (secondary N) is 1. The summed E-state index contributed by atoms with van der Waals surface area (Å²) in [4.78, 5) is 26.8. The van der Waals surface area contributed by atoms with Gasteiger partial charge in [0.25, 0.3) is 5.91 Å². The number of aryl methyl sites for hydroxylation is 1. The molecular formula is C24H32N2O4. The number of hydrogen-bond donors (Lipinski definition) is 1. The Morgan fingerprint density at radius 2 is 2.07 bits per heavy atom. The average molecular weight is 413 g/mol. The van der Waals surface area contributed by atoms with E-state index in [-0.39, 0.29) is 18.1 Å². The maximum absolute atomic E-state index is 12.4. The van der Waals surface area contributed by atoms with Crippen LogP contribution in [0.3, 0.4) is 0 Å². The second-order valence-corrected chi connectivity index (χ2v) is 8.59. The van der Waals surface area contributed by atoms with E-state index in [1.54, 1.807) is 12.1 Å². The van der Waals surface area contributed by atoms with Crippen LogP contribution in [-0.4, -0.2) is 43.1 Å². The van der Waals surface area contributed by atoms with Gasteiger partial charge in [-0.15, -0.1) is 0 Å². The van der Waals surface area contributed by atoms with Crippen LogP contribution in [0.4, 0.5) is 0 Å². The van der Waals surface area contributed by atoms with Gasteiger partial charge in [0.1, 0.15) is 11.3 Å². The molecule has 3 heterocycles. The molecule has 162 valence electrons. The first-order valence-corrected chi connectivity index (χ1v) is 11.3. The molecule has 6 heteroatoms. The molecule has 0 saturated carbocycles. The zero-order chi connectivity index (χ0) is 20.9. The molecule has 1 N–H and O–H groups in total. The molecule has 0 unspecified atom stereocenters. The third kappa shape index (κ3) is 4.86. The van der Waals surface area contributed by atoms with Crippen molar-refractivity contribution in [1.82, 2.24) is 10.2 Å². The van der Waals surface area contributed by atoms with Crippen molar-refractivity contribution in [1.29, 1.82) is 0 Å². The molecular weight excluding hydrogens is 380 g/mol. The van der Waals surface area contributed by atoms with E-state index in [2.05, 4.69) is 17.1 Å². The smallest absolute Gasteiger partial charge is 0.336 e. The lowest BCUT2D eigenvalue weighted by Crippen LogP contribution is -2.51. The van der Waals surface area contributed by atoms with Crippen molar-refractivity contribution in [3.8, 4) is 5.75 Å². The van der Waals surface area contributed by atoms with Gasteiger partial charge in [0.05, 0.1) is 0 Å². The zero-order valence-electron chi connectivity index (χ0n) is 17.8. The number of carbonyl (C=O) groups is 1. The molecule has 2 aliphatic rings. The van der Waals surface area contributed by atoms with Crippen LogP contribution >= 0.6 is 0 Å². The first kappa shape index (κ1) is 20.9. The minimum atomic E-state index is -0.356. The topological polar surface area (TPSA) is 71.8 Å². The van der Waals surface area contributed by atoms with Gasteiger partial charge in [-0.3, -0.25) is 4.79 Å². The predicted molar refractivity (Wildman–Crippen MR) is 117 cm³/mol. The summed E-state index contributed by atoms with van der Waals surface area (Å²) in [6.45, 7) is 5.17. The molecule has 0 bridgehead atoms. The Morgan fingerprint density at radius 1 is 1.20 bits per heavy atom. The van der Waals surface area contributed by atoms with Gasteiger partial charge in [-0.05, 0) is 68.8 Å². The number of amides is 1. The predicted octanol–water partition coefficient (Wildman–Crippen LogP) is 3.51. The van der Waals surface area contributed by atoms with Crippen LogP contribution in [0.2, 0.25) is 0 Å². The first-order valence-electron chi connectivity index (χ1n) is 11.3. The highest BCUT2D eigenvalue weighted by Crippen LogP contribution is 2.30. The van der Waals surface area contributed by atoms with Crippen LogP contribution in [0, 0.1) is 5.92 Å². The summed E-state index contributed by atoms with van der Waals surface area (Å²) in [7, 11) is 0. The number of carbonyl (C=O) groups excluding carboxylic acids is 1. The molecule has 1 amide bonds. The highest BCUT2D eigenvalue weighted by molar-refractivity contribution is 5.82. The van der Waals surface area contributed by atoms with E-state index in [1.165, 1.54) is 45.2 Å². The maximum Gasteiger partial charge on any atom is 0.336 e. The summed E-state index contributed by atoms with van der Waals surface area (Å²) in [5.74, 6) is 0.963. The molecule has 0 radical (unpaired) electrons. The Balaban J connectivity index is 1.32. The fourth-order valence-electron chi connectivity index (χ4n) is 5.04. The van der Waals surface area contributed by atoms with Crippen molar-refractivity contribution in [2.24, 2.45) is 5.92 Å². The number of fused-ring (bicyclic) bond motifs is 2. The van der Waals surface area contributed by atoms with E-state index in [1.807, 2.05) is 12.1 Å². The number of nitrogens with zero attached hydrogens (tertiary/aromatic N) is 1. The van der Waals surface area contributed by atoms with Gasteiger partial charge in [-0.2, -0.15) is 0 Å². The van der Waals surface area contributed by atoms with Crippen molar-refractivity contribution in [2.45, 2.75) is 57.9 Å². The van der Waals surface area contributed by atoms with E-state index in [0.717, 1.165) is 30.3 Å². The SMILES string of the molecule is CCCc1cc(=O)oc2cc(OCC(=O)NC[C@H]3CCCN4CCCC[C@H]34)ccc12. The molecule has 2 atom stereocenters. The summed E-state index contributed by atoms with van der Waals surface area (Å²) in [6, 6.07) is 7.60. The van der Waals surface area contributed by atoms with Gasteiger partial charge < -0.3 is 19.4 Å². The van der Waals surface area contributed by atoms with Gasteiger partial charge in [0, 0.05) is 30.1 Å². The molecule has 0 aliphatic carbocycles. The molecule has 6 nitrogen and oxygen atoms in total. The molecule has 0 spiro atoms. The molecule has 4 rings (SSSR count). The second-order valence-electron chi connectivity index (χ2n) is 8.59. The summed E-state index contributed by atoms with van der Waals surface area (Å²) in [5, 5.41) is 3.98. The monoisotopic (exact) mass is 412 g/mol. The summed E-state index contributed by atoms with van der Waals surface area (Å²) in [6.07, 6.45) is 8.03. The van der Waals surface area contributed by atoms with Crippen molar-refractivity contribution < 1.29 is 13.9 Å². The van der Waals surface area contributed by atoms with Crippen molar-refractivity contribution in [3.05, 3.63) is 40.2 Å². The molecule has 1 aromatic carbocycles. The summed E-state index contributed by atoms with van der Waals surface area (Å²) in [5.41, 5.74) is 1.13. The van der Waals surface area contributed by atoms with E-state index in [4.69, 9.17) is 9.15 Å². The van der Waals surface area contributed by atoms with Crippen molar-refractivity contribution in [3.63, 3.8) is 0 Å². The molecule has 1 aromatic heterocycles. The molecule has 2 saturated heterocycles. The third-order valence-electron chi connectivity index (χ3n) is 6.48. The van der Waals surface area contributed by atoms with Gasteiger partial charge in [-0.1, -0.05) is 19.8 Å². The highest BCUT2D eigenvalue weighted by atomic mass is 16.5. The molecule has 30 heavy (non-hydrogen) atoms. The standard InChI is InChI=1S/C24H32N2O4/c1-2-6-17-13-24(28)30-22-14-19(9-10-20(17)22)29-16-23(27)25-15-18-7-5-12-26-11-4-3-8-21(18)26/h9-10,13-14,18,21H,2-8,11-12,15-16H2,1H3,(H,25,27)/t18-,21-/m1/s1. The van der Waals surface area contributed by atoms with Crippen LogP contribution in [0.5, 0.6) is 5.75 Å². The normalized spacial score (nSPS) is 21.9. The second kappa shape index (κ2) is 9.65. The van der Waals surface area contributed by atoms with Crippen LogP contribution in [-0.2, 0) is 11.2 Å². The Kier molecular flexibility index (Phi) is 6.72. The van der Waals surface area contributed by atoms with Gasteiger partial charge in [0.15, 0.2) is 6.61 Å². The third-order valence-corrected chi connectivity index (χ3v) is 6.48. The van der Waals surface area contributed by atoms with E-state index < -0.39 is 0 Å². The van der Waals surface area contributed by atoms with Gasteiger partial charge >= 0.3 is 5.63 Å². The Bertz CT molecular complexity index is 936. The van der Waals surface area contributed by atoms with Crippen LogP contribution < -0.4 is 15.7 Å². The quantitative estimate of drug-likeness (QED) is 0.705. The largest absolute Gasteiger partial charge is 0.484 e. The molecule has 2 aromatic rings. The number of piperidine rings is 2. The Labute approximate surface area is 177 Å². The number of benzene rings is 1. The van der Waals surface area contributed by atoms with Crippen LogP contribution in [0.1, 0.15) is 51.0 Å². The van der Waals surface area contributed by atoms with E-state index in [9.17, 15) is 9.59 Å². The first-order chi connectivity index (χ1) is 14.6. The minimum absolute atomic E-state index is 0.0362. The minimum Gasteiger partial charge on any atom is -0.484 e. The Hall–Kier alpha value is -2.34. The summed E-state index contributed by atoms with van der Waals surface area (Å²) < 4.78 is 11.0. The zero-order valence-corrected chi connectivity index (χ0v) is 17.8. The number of rotatable bonds is 7. The molecule has 2 aliphatic heterocycles. The molecule has 2 fully saturated rings. The average Bonchev–Trinajstić information content (AvgIpc) is 2.76. The van der Waals surface area contributed by atoms with Crippen molar-refractivity contribution in [2.75, 3.05) is 26.2 Å². The van der Waals surface area contributed by atoms with E-state index >= 15 is 0 Å². The van der Waals surface area contributed by atoms with Gasteiger partial charge in [-0.25, -0.2) is 4.79 Å². The lowest BCUT2D eigenvalue weighted by atomic mass is 9.83. The van der Waals surface area contributed by atoms with Crippen molar-refractivity contribution >= 4 is 16.9 Å².